The second-order valence-electron chi connectivity index (χ2n) is 8.20. The first-order chi connectivity index (χ1) is 15.3. The zero-order chi connectivity index (χ0) is 24.5. The monoisotopic (exact) mass is 508 g/mol. The van der Waals surface area contributed by atoms with E-state index in [-0.39, 0.29) is 14.1 Å². The van der Waals surface area contributed by atoms with Crippen molar-refractivity contribution in [2.45, 2.75) is 40.9 Å². The molecule has 3 aromatic carbocycles. The van der Waals surface area contributed by atoms with Crippen LogP contribution in [0, 0.1) is 0 Å². The maximum atomic E-state index is 13.3. The Morgan fingerprint density at radius 3 is 1.33 bits per heavy atom. The Morgan fingerprint density at radius 2 is 0.970 bits per heavy atom. The van der Waals surface area contributed by atoms with E-state index in [1.54, 1.807) is 29.1 Å². The first kappa shape index (κ1) is 25.1. The SMILES string of the molecule is CC(C)(C)c1ccc(S(=O)(=O)N[N+](S(=O)(=O)c2ccccc2)S(=O)(=O)c2ccccc2)cc1. The van der Waals surface area contributed by atoms with Gasteiger partial charge in [-0.2, -0.15) is 16.8 Å². The van der Waals surface area contributed by atoms with Crippen molar-refractivity contribution in [1.82, 2.24) is 8.65 Å². The number of hydrogen-bond donors (Lipinski definition) is 1. The van der Waals surface area contributed by atoms with Crippen LogP contribution in [0.1, 0.15) is 26.3 Å². The van der Waals surface area contributed by atoms with Crippen molar-refractivity contribution in [3.63, 3.8) is 0 Å². The second kappa shape index (κ2) is 8.99. The second-order valence-corrected chi connectivity index (χ2v) is 13.7. The van der Waals surface area contributed by atoms with E-state index in [0.717, 1.165) is 5.56 Å². The number of nitrogens with one attached hydrogen (secondary N) is 1. The molecule has 3 rings (SSSR count). The molecule has 0 aliphatic carbocycles. The highest BCUT2D eigenvalue weighted by molar-refractivity contribution is 8.06. The van der Waals surface area contributed by atoms with Gasteiger partial charge in [0.05, 0.1) is 4.90 Å². The number of sulfonamides is 3. The molecule has 175 valence electrons. The lowest BCUT2D eigenvalue weighted by Gasteiger charge is -2.19. The number of hydrazine groups is 1. The van der Waals surface area contributed by atoms with Crippen molar-refractivity contribution in [2.75, 3.05) is 0 Å². The lowest BCUT2D eigenvalue weighted by Crippen LogP contribution is -2.54. The van der Waals surface area contributed by atoms with E-state index in [9.17, 15) is 25.3 Å². The normalized spacial score (nSPS) is 13.2. The van der Waals surface area contributed by atoms with E-state index < -0.39 is 39.9 Å². The predicted molar refractivity (Wildman–Crippen MR) is 125 cm³/mol. The molecule has 0 bridgehead atoms. The van der Waals surface area contributed by atoms with Gasteiger partial charge in [-0.1, -0.05) is 69.3 Å². The summed E-state index contributed by atoms with van der Waals surface area (Å²) in [6.45, 7) is 5.86. The molecule has 1 radical (unpaired) electrons. The topological polar surface area (TPSA) is 120 Å². The van der Waals surface area contributed by atoms with E-state index in [0.29, 0.717) is 0 Å². The molecule has 3 aromatic rings. The van der Waals surface area contributed by atoms with Crippen molar-refractivity contribution in [3.8, 4) is 0 Å². The van der Waals surface area contributed by atoms with E-state index in [4.69, 9.17) is 0 Å². The molecule has 0 spiro atoms. The van der Waals surface area contributed by atoms with Gasteiger partial charge < -0.3 is 0 Å². The molecule has 0 heterocycles. The van der Waals surface area contributed by atoms with Crippen LogP contribution >= 0.6 is 0 Å². The molecule has 33 heavy (non-hydrogen) atoms. The van der Waals surface area contributed by atoms with Gasteiger partial charge in [-0.05, 0) is 47.4 Å². The Hall–Kier alpha value is -2.57. The summed E-state index contributed by atoms with van der Waals surface area (Å²) in [6.07, 6.45) is 0. The maximum absolute atomic E-state index is 13.3. The van der Waals surface area contributed by atoms with Gasteiger partial charge in [-0.15, -0.1) is 0 Å². The average molecular weight is 509 g/mol. The Labute approximate surface area is 195 Å². The molecule has 0 unspecified atom stereocenters. The maximum Gasteiger partial charge on any atom is 0.410 e. The van der Waals surface area contributed by atoms with Gasteiger partial charge in [-0.3, -0.25) is 0 Å². The van der Waals surface area contributed by atoms with Crippen LogP contribution in [0.5, 0.6) is 0 Å². The molecule has 0 amide bonds. The molecule has 0 aliphatic rings. The average Bonchev–Trinajstić information content (AvgIpc) is 2.78. The van der Waals surface area contributed by atoms with Crippen LogP contribution < -0.4 is 8.65 Å². The Balaban J connectivity index is 2.13. The third-order valence-corrected chi connectivity index (χ3v) is 10.3. The summed E-state index contributed by atoms with van der Waals surface area (Å²) in [4.78, 5) is 0.703. The fraction of sp³-hybridized carbons (Fsp3) is 0.182. The standard InChI is InChI=1S/C22H24N2O6S3/c1-22(2,3)18-14-16-19(17-15-18)31(25,26)23-24(32(27,28)20-10-6-4-7-11-20)33(29,30)21-12-8-5-9-13-21/h4-17,23H,1-3H3/q+1. The molecule has 11 heteroatoms. The van der Waals surface area contributed by atoms with Crippen molar-refractivity contribution in [2.24, 2.45) is 0 Å². The van der Waals surface area contributed by atoms with Crippen molar-refractivity contribution >= 4 is 30.1 Å². The Kier molecular flexibility index (Phi) is 6.83. The lowest BCUT2D eigenvalue weighted by molar-refractivity contribution is 0.515. The fourth-order valence-corrected chi connectivity index (χ4v) is 7.99. The first-order valence-corrected chi connectivity index (χ1v) is 14.2. The molecule has 0 saturated heterocycles. The third-order valence-electron chi connectivity index (χ3n) is 4.74. The van der Waals surface area contributed by atoms with Crippen LogP contribution in [0.15, 0.2) is 99.6 Å². The molecule has 0 atom stereocenters. The predicted octanol–water partition coefficient (Wildman–Crippen LogP) is 3.10. The summed E-state index contributed by atoms with van der Waals surface area (Å²) in [6, 6.07) is 19.2. The molecule has 0 fully saturated rings. The highest BCUT2D eigenvalue weighted by Crippen LogP contribution is 2.25. The van der Waals surface area contributed by atoms with E-state index in [1.165, 1.54) is 60.7 Å². The third kappa shape index (κ3) is 5.33. The highest BCUT2D eigenvalue weighted by Gasteiger charge is 2.51. The minimum atomic E-state index is -4.82. The summed E-state index contributed by atoms with van der Waals surface area (Å²) in [7, 11) is -14.2. The zero-order valence-corrected chi connectivity index (χ0v) is 20.7. The minimum absolute atomic E-state index is 0.197. The van der Waals surface area contributed by atoms with E-state index in [1.807, 2.05) is 20.8 Å². The first-order valence-electron chi connectivity index (χ1n) is 9.80. The summed E-state index contributed by atoms with van der Waals surface area (Å²) >= 11 is 0. The van der Waals surface area contributed by atoms with Crippen molar-refractivity contribution in [3.05, 3.63) is 90.5 Å². The van der Waals surface area contributed by atoms with E-state index in [2.05, 4.69) is 0 Å². The molecular weight excluding hydrogens is 484 g/mol. The molecule has 0 saturated carbocycles. The number of hydrogen-bond acceptors (Lipinski definition) is 6. The molecule has 8 nitrogen and oxygen atoms in total. The Morgan fingerprint density at radius 1 is 0.576 bits per heavy atom. The van der Waals surface area contributed by atoms with E-state index >= 15 is 0 Å². The van der Waals surface area contributed by atoms with Gasteiger partial charge in [0, 0.05) is 4.83 Å². The van der Waals surface area contributed by atoms with Gasteiger partial charge in [0.15, 0.2) is 3.82 Å². The van der Waals surface area contributed by atoms with Crippen LogP contribution in [0.4, 0.5) is 0 Å². The minimum Gasteiger partial charge on any atom is -0.202 e. The Bertz CT molecular complexity index is 1360. The summed E-state index contributed by atoms with van der Waals surface area (Å²) < 4.78 is 79.0. The van der Waals surface area contributed by atoms with Crippen LogP contribution in [-0.4, -0.2) is 25.3 Å². The highest BCUT2D eigenvalue weighted by atomic mass is 32.3. The summed E-state index contributed by atoms with van der Waals surface area (Å²) in [5, 5.41) is 0. The molecule has 0 aromatic heterocycles. The lowest BCUT2D eigenvalue weighted by atomic mass is 9.87. The van der Waals surface area contributed by atoms with Gasteiger partial charge in [-0.25, -0.2) is 8.42 Å². The van der Waals surface area contributed by atoms with Gasteiger partial charge >= 0.3 is 20.0 Å². The number of rotatable bonds is 7. The smallest absolute Gasteiger partial charge is 0.202 e. The van der Waals surface area contributed by atoms with Crippen LogP contribution in [0.25, 0.3) is 0 Å². The van der Waals surface area contributed by atoms with Gasteiger partial charge in [0.25, 0.3) is 10.0 Å². The zero-order valence-electron chi connectivity index (χ0n) is 18.2. The summed E-state index contributed by atoms with van der Waals surface area (Å²) in [5.41, 5.74) is 0.613. The number of benzene rings is 3. The van der Waals surface area contributed by atoms with Gasteiger partial charge in [0.1, 0.15) is 9.79 Å². The number of nitrogens with zero attached hydrogens (tertiary/aromatic N) is 1. The van der Waals surface area contributed by atoms with Crippen molar-refractivity contribution < 1.29 is 25.3 Å². The molecular formula is C22H24N2O6S3+. The van der Waals surface area contributed by atoms with Crippen LogP contribution in [0.2, 0.25) is 0 Å². The summed E-state index contributed by atoms with van der Waals surface area (Å²) in [5.74, 6) is 0. The molecule has 0 aliphatic heterocycles. The van der Waals surface area contributed by atoms with Crippen LogP contribution in [-0.2, 0) is 35.5 Å². The van der Waals surface area contributed by atoms with Crippen LogP contribution in [0.3, 0.4) is 0 Å². The fourth-order valence-electron chi connectivity index (χ4n) is 2.89. The quantitative estimate of drug-likeness (QED) is 0.387. The van der Waals surface area contributed by atoms with Crippen molar-refractivity contribution in [1.29, 1.82) is 0 Å². The van der Waals surface area contributed by atoms with Gasteiger partial charge in [0.2, 0.25) is 0 Å². The molecule has 1 N–H and O–H groups in total. The largest absolute Gasteiger partial charge is 0.410 e.